The fraction of sp³-hybridized carbons (Fsp3) is 0.421. The third kappa shape index (κ3) is 3.79. The van der Waals surface area contributed by atoms with Crippen LogP contribution in [0.25, 0.3) is 27.9 Å². The number of nitrogens with zero attached hydrogens (tertiary/aromatic N) is 8. The van der Waals surface area contributed by atoms with Crippen LogP contribution in [-0.2, 0) is 6.54 Å². The zero-order valence-electron chi connectivity index (χ0n) is 17.7. The minimum Gasteiger partial charge on any atom is -0.371 e. The van der Waals surface area contributed by atoms with E-state index in [2.05, 4.69) is 36.0 Å². The SMILES string of the molecule is CNc1nc(NC2CN(C)CC2(F)F)nn2ccc(-c3ccc4nnn(CC(F)F)c4n3)c12. The number of pyridine rings is 1. The number of likely N-dealkylation sites (tertiary alicyclic amines) is 1. The van der Waals surface area contributed by atoms with Crippen LogP contribution in [0.2, 0.25) is 0 Å². The highest BCUT2D eigenvalue weighted by Gasteiger charge is 2.47. The lowest BCUT2D eigenvalue weighted by atomic mass is 10.2. The highest BCUT2D eigenvalue weighted by Crippen LogP contribution is 2.32. The Hall–Kier alpha value is -3.55. The molecule has 1 aliphatic rings. The van der Waals surface area contributed by atoms with Gasteiger partial charge in [0.2, 0.25) is 5.95 Å². The lowest BCUT2D eigenvalue weighted by Gasteiger charge is -2.19. The van der Waals surface area contributed by atoms with Crippen molar-refractivity contribution in [3.63, 3.8) is 0 Å². The van der Waals surface area contributed by atoms with Crippen LogP contribution in [0.1, 0.15) is 0 Å². The van der Waals surface area contributed by atoms with Crippen molar-refractivity contribution in [3.8, 4) is 11.3 Å². The summed E-state index contributed by atoms with van der Waals surface area (Å²) in [5, 5.41) is 17.7. The lowest BCUT2D eigenvalue weighted by Crippen LogP contribution is -2.38. The largest absolute Gasteiger partial charge is 0.371 e. The Kier molecular flexibility index (Phi) is 5.03. The molecule has 0 aromatic carbocycles. The van der Waals surface area contributed by atoms with Crippen LogP contribution in [0.5, 0.6) is 0 Å². The predicted molar refractivity (Wildman–Crippen MR) is 113 cm³/mol. The first-order chi connectivity index (χ1) is 15.7. The summed E-state index contributed by atoms with van der Waals surface area (Å²) in [6.45, 7) is -0.806. The zero-order chi connectivity index (χ0) is 23.3. The van der Waals surface area contributed by atoms with Gasteiger partial charge >= 0.3 is 0 Å². The second kappa shape index (κ2) is 7.79. The first-order valence-corrected chi connectivity index (χ1v) is 10.1. The quantitative estimate of drug-likeness (QED) is 0.419. The minimum absolute atomic E-state index is 0.0524. The third-order valence-electron chi connectivity index (χ3n) is 5.48. The van der Waals surface area contributed by atoms with Gasteiger partial charge in [-0.25, -0.2) is 31.7 Å². The number of rotatable bonds is 6. The summed E-state index contributed by atoms with van der Waals surface area (Å²) in [5.41, 5.74) is 2.28. The molecule has 1 unspecified atom stereocenters. The van der Waals surface area contributed by atoms with E-state index in [-0.39, 0.29) is 24.7 Å². The number of nitrogens with one attached hydrogen (secondary N) is 2. The van der Waals surface area contributed by atoms with Gasteiger partial charge < -0.3 is 10.6 Å². The van der Waals surface area contributed by atoms with Crippen molar-refractivity contribution in [1.29, 1.82) is 0 Å². The molecule has 1 saturated heterocycles. The number of aromatic nitrogens is 7. The number of hydrogen-bond acceptors (Lipinski definition) is 8. The molecule has 0 saturated carbocycles. The van der Waals surface area contributed by atoms with Gasteiger partial charge in [-0.05, 0) is 25.2 Å². The molecule has 4 aromatic heterocycles. The van der Waals surface area contributed by atoms with E-state index in [1.54, 1.807) is 43.4 Å². The van der Waals surface area contributed by atoms with Gasteiger partial charge in [0.25, 0.3) is 12.3 Å². The topological polar surface area (TPSA) is 101 Å². The van der Waals surface area contributed by atoms with Crippen LogP contribution in [-0.4, -0.2) is 85.1 Å². The normalized spacial score (nSPS) is 18.6. The van der Waals surface area contributed by atoms with E-state index < -0.39 is 24.9 Å². The second-order valence-corrected chi connectivity index (χ2v) is 7.91. The van der Waals surface area contributed by atoms with Crippen LogP contribution < -0.4 is 10.6 Å². The summed E-state index contributed by atoms with van der Waals surface area (Å²) in [4.78, 5) is 10.4. The zero-order valence-corrected chi connectivity index (χ0v) is 17.7. The van der Waals surface area contributed by atoms with Crippen molar-refractivity contribution >= 4 is 28.4 Å². The van der Waals surface area contributed by atoms with E-state index in [0.717, 1.165) is 4.68 Å². The second-order valence-electron chi connectivity index (χ2n) is 7.91. The number of hydrogen-bond donors (Lipinski definition) is 2. The molecule has 1 aliphatic heterocycles. The Morgan fingerprint density at radius 3 is 2.73 bits per heavy atom. The Morgan fingerprint density at radius 1 is 1.21 bits per heavy atom. The maximum Gasteiger partial charge on any atom is 0.281 e. The monoisotopic (exact) mass is 464 g/mol. The van der Waals surface area contributed by atoms with Gasteiger partial charge in [0.05, 0.1) is 12.2 Å². The first kappa shape index (κ1) is 21.3. The molecule has 0 radical (unpaired) electrons. The van der Waals surface area contributed by atoms with E-state index in [9.17, 15) is 17.6 Å². The Morgan fingerprint density at radius 2 is 2.03 bits per heavy atom. The Bertz CT molecular complexity index is 1320. The van der Waals surface area contributed by atoms with Crippen molar-refractivity contribution in [2.24, 2.45) is 0 Å². The molecule has 1 fully saturated rings. The Labute approximate surface area is 184 Å². The highest BCUT2D eigenvalue weighted by atomic mass is 19.3. The predicted octanol–water partition coefficient (Wildman–Crippen LogP) is 2.20. The van der Waals surface area contributed by atoms with Gasteiger partial charge in [-0.3, -0.25) is 4.90 Å². The van der Waals surface area contributed by atoms with Crippen molar-refractivity contribution in [2.45, 2.75) is 24.9 Å². The van der Waals surface area contributed by atoms with Crippen LogP contribution in [0.15, 0.2) is 24.4 Å². The van der Waals surface area contributed by atoms with E-state index in [1.165, 1.54) is 4.52 Å². The molecule has 1 atom stereocenters. The van der Waals surface area contributed by atoms with Crippen LogP contribution in [0.4, 0.5) is 29.3 Å². The van der Waals surface area contributed by atoms with E-state index in [0.29, 0.717) is 28.1 Å². The maximum atomic E-state index is 14.2. The summed E-state index contributed by atoms with van der Waals surface area (Å²) in [6.07, 6.45) is -0.948. The van der Waals surface area contributed by atoms with Gasteiger partial charge in [0.15, 0.2) is 11.5 Å². The van der Waals surface area contributed by atoms with Gasteiger partial charge in [-0.15, -0.1) is 10.2 Å². The number of halogens is 4. The number of anilines is 2. The first-order valence-electron chi connectivity index (χ1n) is 10.1. The van der Waals surface area contributed by atoms with E-state index in [4.69, 9.17) is 0 Å². The van der Waals surface area contributed by atoms with E-state index >= 15 is 0 Å². The number of likely N-dealkylation sites (N-methyl/N-ethyl adjacent to an activating group) is 1. The smallest absolute Gasteiger partial charge is 0.281 e. The van der Waals surface area contributed by atoms with Gasteiger partial charge in [0.1, 0.15) is 23.6 Å². The average molecular weight is 464 g/mol. The molecule has 5 rings (SSSR count). The third-order valence-corrected chi connectivity index (χ3v) is 5.48. The number of fused-ring (bicyclic) bond motifs is 2. The van der Waals surface area contributed by atoms with Gasteiger partial charge in [0, 0.05) is 25.4 Å². The molecule has 0 bridgehead atoms. The highest BCUT2D eigenvalue weighted by molar-refractivity contribution is 5.89. The van der Waals surface area contributed by atoms with Crippen LogP contribution >= 0.6 is 0 Å². The molecule has 0 spiro atoms. The molecule has 174 valence electrons. The molecule has 0 amide bonds. The number of alkyl halides is 4. The molecule has 0 aliphatic carbocycles. The van der Waals surface area contributed by atoms with Crippen molar-refractivity contribution in [2.75, 3.05) is 37.8 Å². The van der Waals surface area contributed by atoms with Gasteiger partial charge in [-0.1, -0.05) is 5.21 Å². The standard InChI is InChI=1S/C19H20F4N10/c1-24-16-15-10(11-3-4-12-17(25-11)33(30-28-12)8-14(20)21)5-6-32(15)29-18(27-16)26-13-7-31(2)9-19(13,22)23/h3-6,13-14H,7-9H2,1-2H3,(H2,24,26,27,29). The molecule has 5 heterocycles. The maximum absolute atomic E-state index is 14.2. The summed E-state index contributed by atoms with van der Waals surface area (Å²) >= 11 is 0. The molecule has 14 heteroatoms. The summed E-state index contributed by atoms with van der Waals surface area (Å²) < 4.78 is 56.7. The summed E-state index contributed by atoms with van der Waals surface area (Å²) in [5.74, 6) is -2.47. The van der Waals surface area contributed by atoms with Crippen molar-refractivity contribution in [3.05, 3.63) is 24.4 Å². The molecular formula is C19H20F4N10. The Balaban J connectivity index is 1.54. The molecule has 10 nitrogen and oxygen atoms in total. The molecule has 33 heavy (non-hydrogen) atoms. The summed E-state index contributed by atoms with van der Waals surface area (Å²) in [6, 6.07) is 3.96. The average Bonchev–Trinajstić information content (AvgIpc) is 3.42. The molecular weight excluding hydrogens is 444 g/mol. The van der Waals surface area contributed by atoms with Crippen LogP contribution in [0.3, 0.4) is 0 Å². The molecule has 4 aromatic rings. The summed E-state index contributed by atoms with van der Waals surface area (Å²) in [7, 11) is 3.28. The van der Waals surface area contributed by atoms with Crippen molar-refractivity contribution < 1.29 is 17.6 Å². The van der Waals surface area contributed by atoms with Crippen molar-refractivity contribution in [1.82, 2.24) is 39.5 Å². The molecule has 2 N–H and O–H groups in total. The van der Waals surface area contributed by atoms with Gasteiger partial charge in [-0.2, -0.15) is 4.98 Å². The van der Waals surface area contributed by atoms with E-state index in [1.807, 2.05) is 0 Å². The lowest BCUT2D eigenvalue weighted by molar-refractivity contribution is 0.00584. The minimum atomic E-state index is -2.91. The fourth-order valence-corrected chi connectivity index (χ4v) is 4.01. The van der Waals surface area contributed by atoms with Crippen LogP contribution in [0, 0.1) is 0 Å². The fourth-order valence-electron chi connectivity index (χ4n) is 4.01.